The molecule has 0 amide bonds. The first-order valence-corrected chi connectivity index (χ1v) is 11.9. The summed E-state index contributed by atoms with van der Waals surface area (Å²) in [5.74, 6) is 0.564. The average molecular weight is 505 g/mol. The molecular formula is C25H22Cl2N8. The molecule has 1 aromatic heterocycles. The summed E-state index contributed by atoms with van der Waals surface area (Å²) in [6, 6.07) is 21.3. The number of hydrogen-bond donors (Lipinski definition) is 3. The van der Waals surface area contributed by atoms with Crippen molar-refractivity contribution < 1.29 is 0 Å². The van der Waals surface area contributed by atoms with E-state index in [-0.39, 0.29) is 6.04 Å². The van der Waals surface area contributed by atoms with Gasteiger partial charge in [-0.25, -0.2) is 0 Å². The van der Waals surface area contributed by atoms with Gasteiger partial charge in [-0.15, -0.1) is 0 Å². The highest BCUT2D eigenvalue weighted by atomic mass is 35.5. The number of anilines is 2. The van der Waals surface area contributed by atoms with E-state index in [1.807, 2.05) is 73.9 Å². The summed E-state index contributed by atoms with van der Waals surface area (Å²) in [7, 11) is 2.02. The Bertz CT molecular complexity index is 1450. The molecule has 8 nitrogen and oxygen atoms in total. The Morgan fingerprint density at radius 1 is 1.00 bits per heavy atom. The molecule has 35 heavy (non-hydrogen) atoms. The average Bonchev–Trinajstić information content (AvgIpc) is 3.51. The predicted octanol–water partition coefficient (Wildman–Crippen LogP) is 4.21. The molecule has 6 rings (SSSR count). The summed E-state index contributed by atoms with van der Waals surface area (Å²) < 4.78 is 1.76. The zero-order valence-corrected chi connectivity index (χ0v) is 20.3. The highest BCUT2D eigenvalue weighted by Crippen LogP contribution is 2.43. The van der Waals surface area contributed by atoms with Crippen molar-refractivity contribution in [3.8, 4) is 0 Å². The number of nitrogens with two attached hydrogens (primary N) is 1. The molecule has 0 spiro atoms. The molecule has 3 heterocycles. The molecule has 10 heteroatoms. The van der Waals surface area contributed by atoms with Gasteiger partial charge in [0.2, 0.25) is 5.95 Å². The number of fused-ring (bicyclic) bond motifs is 2. The Balaban J connectivity index is 1.56. The Labute approximate surface area is 212 Å². The summed E-state index contributed by atoms with van der Waals surface area (Å²) in [6.45, 7) is 0.674. The second-order valence-electron chi connectivity index (χ2n) is 8.74. The van der Waals surface area contributed by atoms with Gasteiger partial charge in [0.25, 0.3) is 0 Å². The van der Waals surface area contributed by atoms with Gasteiger partial charge in [0.1, 0.15) is 11.6 Å². The number of halogens is 2. The number of nitrogens with zero attached hydrogens (tertiary/aromatic N) is 5. The van der Waals surface area contributed by atoms with Crippen molar-refractivity contribution in [2.45, 2.75) is 11.6 Å². The molecule has 2 aliphatic heterocycles. The largest absolute Gasteiger partial charge is 0.372 e. The smallest absolute Gasteiger partial charge is 0.248 e. The summed E-state index contributed by atoms with van der Waals surface area (Å²) >= 11 is 12.6. The van der Waals surface area contributed by atoms with Gasteiger partial charge in [-0.05, 0) is 63.5 Å². The number of nitrogens with one attached hydrogen (secondary N) is 2. The molecule has 0 saturated carbocycles. The zero-order chi connectivity index (χ0) is 24.2. The van der Waals surface area contributed by atoms with Crippen LogP contribution in [0.1, 0.15) is 28.3 Å². The molecule has 2 atom stereocenters. The van der Waals surface area contributed by atoms with Crippen molar-refractivity contribution in [1.29, 1.82) is 0 Å². The number of benzene rings is 3. The maximum absolute atomic E-state index is 7.32. The number of rotatable bonds is 4. The van der Waals surface area contributed by atoms with E-state index in [0.717, 1.165) is 33.6 Å². The van der Waals surface area contributed by atoms with E-state index in [1.54, 1.807) is 4.68 Å². The fourth-order valence-corrected chi connectivity index (χ4v) is 5.24. The normalized spacial score (nSPS) is 18.1. The number of tetrazole rings is 1. The molecule has 176 valence electrons. The highest BCUT2D eigenvalue weighted by Gasteiger charge is 2.39. The quantitative estimate of drug-likeness (QED) is 0.337. The molecule has 0 saturated heterocycles. The number of hydrogen-bond acceptors (Lipinski definition) is 7. The summed E-state index contributed by atoms with van der Waals surface area (Å²) in [5.41, 5.74) is 12.1. The van der Waals surface area contributed by atoms with Crippen LogP contribution in [0.2, 0.25) is 10.0 Å². The van der Waals surface area contributed by atoms with Gasteiger partial charge in [-0.3, -0.25) is 0 Å². The molecule has 4 N–H and O–H groups in total. The Kier molecular flexibility index (Phi) is 5.17. The van der Waals surface area contributed by atoms with Crippen LogP contribution in [0.3, 0.4) is 0 Å². The maximum Gasteiger partial charge on any atom is 0.248 e. The first-order valence-electron chi connectivity index (χ1n) is 11.1. The van der Waals surface area contributed by atoms with E-state index in [4.69, 9.17) is 28.9 Å². The molecule has 1 unspecified atom stereocenters. The van der Waals surface area contributed by atoms with Gasteiger partial charge in [0.05, 0.1) is 12.4 Å². The van der Waals surface area contributed by atoms with Crippen LogP contribution in [-0.4, -0.2) is 38.8 Å². The van der Waals surface area contributed by atoms with Gasteiger partial charge in [-0.1, -0.05) is 58.6 Å². The van der Waals surface area contributed by atoms with Crippen LogP contribution in [0.5, 0.6) is 0 Å². The van der Waals surface area contributed by atoms with Gasteiger partial charge in [-0.2, -0.15) is 4.68 Å². The lowest BCUT2D eigenvalue weighted by molar-refractivity contribution is 0.378. The minimum atomic E-state index is -0.933. The molecule has 0 aliphatic carbocycles. The minimum Gasteiger partial charge on any atom is -0.372 e. The van der Waals surface area contributed by atoms with E-state index in [1.165, 1.54) is 0 Å². The van der Waals surface area contributed by atoms with Crippen molar-refractivity contribution >= 4 is 34.8 Å². The van der Waals surface area contributed by atoms with Crippen LogP contribution in [0, 0.1) is 0 Å². The lowest BCUT2D eigenvalue weighted by Gasteiger charge is -2.37. The monoisotopic (exact) mass is 504 g/mol. The summed E-state index contributed by atoms with van der Waals surface area (Å²) in [6.07, 6.45) is 1.97. The molecule has 2 aliphatic rings. The van der Waals surface area contributed by atoms with E-state index in [2.05, 4.69) is 37.1 Å². The van der Waals surface area contributed by atoms with E-state index >= 15 is 0 Å². The Morgan fingerprint density at radius 3 is 2.54 bits per heavy atom. The van der Waals surface area contributed by atoms with Crippen LogP contribution >= 0.6 is 23.2 Å². The van der Waals surface area contributed by atoms with E-state index in [9.17, 15) is 0 Å². The van der Waals surface area contributed by atoms with Crippen LogP contribution in [0.25, 0.3) is 0 Å². The van der Waals surface area contributed by atoms with Crippen LogP contribution < -0.4 is 16.4 Å². The van der Waals surface area contributed by atoms with Crippen LogP contribution in [0.15, 0.2) is 78.6 Å². The highest BCUT2D eigenvalue weighted by molar-refractivity contribution is 6.30. The Morgan fingerprint density at radius 2 is 1.80 bits per heavy atom. The summed E-state index contributed by atoms with van der Waals surface area (Å²) in [4.78, 5) is 2.11. The SMILES string of the molecule is CN1CNC=C1[C@@](N)(c1ccc(Cl)cc1)c1ccc2c(c1)C(c1cccc(Cl)c1)n1nnnc1N2. The first-order chi connectivity index (χ1) is 16.9. The zero-order valence-electron chi connectivity index (χ0n) is 18.8. The van der Waals surface area contributed by atoms with Crippen LogP contribution in [-0.2, 0) is 5.54 Å². The lowest BCUT2D eigenvalue weighted by Crippen LogP contribution is -2.44. The van der Waals surface area contributed by atoms with Crippen molar-refractivity contribution in [2.75, 3.05) is 19.0 Å². The second kappa shape index (κ2) is 8.27. The van der Waals surface area contributed by atoms with Gasteiger partial charge < -0.3 is 21.3 Å². The standard InChI is InChI=1S/C25H22Cl2N8/c1-34-14-29-13-22(34)25(28,16-5-8-18(26)9-6-16)17-7-10-21-20(12-17)23(15-3-2-4-19(27)11-15)35-24(30-21)31-32-33-35/h2-13,23,29H,14,28H2,1H3,(H,30,31,33)/t23?,25-/m1/s1. The fraction of sp³-hybridized carbons (Fsp3) is 0.160. The molecule has 4 aromatic rings. The maximum atomic E-state index is 7.32. The predicted molar refractivity (Wildman–Crippen MR) is 137 cm³/mol. The third-order valence-electron chi connectivity index (χ3n) is 6.63. The third kappa shape index (κ3) is 3.53. The second-order valence-corrected chi connectivity index (χ2v) is 9.61. The molecule has 3 aromatic carbocycles. The first kappa shape index (κ1) is 21.9. The van der Waals surface area contributed by atoms with E-state index < -0.39 is 5.54 Å². The van der Waals surface area contributed by atoms with Crippen molar-refractivity contribution in [2.24, 2.45) is 5.73 Å². The van der Waals surface area contributed by atoms with Gasteiger partial charge in [0.15, 0.2) is 0 Å². The van der Waals surface area contributed by atoms with Gasteiger partial charge in [0, 0.05) is 34.5 Å². The molecular weight excluding hydrogens is 483 g/mol. The van der Waals surface area contributed by atoms with Crippen molar-refractivity contribution in [1.82, 2.24) is 30.4 Å². The third-order valence-corrected chi connectivity index (χ3v) is 7.12. The van der Waals surface area contributed by atoms with Gasteiger partial charge >= 0.3 is 0 Å². The van der Waals surface area contributed by atoms with Crippen molar-refractivity contribution in [3.05, 3.63) is 111 Å². The minimum absolute atomic E-state index is 0.280. The number of likely N-dealkylation sites (N-methyl/N-ethyl adjacent to an activating group) is 1. The fourth-order valence-electron chi connectivity index (χ4n) is 4.91. The molecule has 0 radical (unpaired) electrons. The Hall–Kier alpha value is -3.59. The number of aromatic nitrogens is 4. The summed E-state index contributed by atoms with van der Waals surface area (Å²) in [5, 5.41) is 20.2. The molecule has 0 fully saturated rings. The topological polar surface area (TPSA) is 96.9 Å². The van der Waals surface area contributed by atoms with Crippen LogP contribution in [0.4, 0.5) is 11.6 Å². The lowest BCUT2D eigenvalue weighted by atomic mass is 9.79. The van der Waals surface area contributed by atoms with E-state index in [0.29, 0.717) is 22.7 Å². The molecule has 0 bridgehead atoms. The van der Waals surface area contributed by atoms with Crippen molar-refractivity contribution in [3.63, 3.8) is 0 Å².